The highest BCUT2D eigenvalue weighted by molar-refractivity contribution is 8.00. The molecule has 3 heterocycles. The third kappa shape index (κ3) is 4.27. The molecule has 12 heteroatoms. The number of aliphatic carboxylic acids is 1. The van der Waals surface area contributed by atoms with Gasteiger partial charge < -0.3 is 20.1 Å². The van der Waals surface area contributed by atoms with E-state index >= 15 is 0 Å². The molecule has 3 aromatic rings. The van der Waals surface area contributed by atoms with Crippen LogP contribution in [0.2, 0.25) is 0 Å². The molecule has 7 atom stereocenters. The molecule has 7 rings (SSSR count). The number of para-hydroxylation sites is 1. The second kappa shape index (κ2) is 9.88. The van der Waals surface area contributed by atoms with E-state index in [0.29, 0.717) is 11.4 Å². The van der Waals surface area contributed by atoms with Gasteiger partial charge in [-0.2, -0.15) is 0 Å². The fourth-order valence-electron chi connectivity index (χ4n) is 7.38. The molecule has 10 nitrogen and oxygen atoms in total. The number of hydrogen-bond acceptors (Lipinski definition) is 8. The van der Waals surface area contributed by atoms with Crippen LogP contribution in [0, 0.1) is 29.6 Å². The number of thioether (sulfide) groups is 1. The van der Waals surface area contributed by atoms with Gasteiger partial charge in [-0.05, 0) is 54.0 Å². The molecule has 2 aromatic carbocycles. The quantitative estimate of drug-likeness (QED) is 0.356. The van der Waals surface area contributed by atoms with E-state index in [1.54, 1.807) is 36.0 Å². The number of ether oxygens (including phenoxy) is 1. The number of carbonyl (C=O) groups excluding carboxylic acids is 3. The average Bonchev–Trinajstić information content (AvgIpc) is 3.69. The Bertz CT molecular complexity index is 1620. The standard InChI is InChI=1S/C29H25N3O7S2/c33-18(30-14-4-2-1-3-5-14)12-39-15-8-6-13(7-9-15)20-21-16-10-17(24(21)40-26-25(20)41-29(38)31-26)23-22(16)27(36)32(28(23)37)11-19(34)35/h1-9,16-17,20-24H,10-12H2,(H,30,33)(H,31,38)(H,34,35)/t16?,17?,20-,21?,22?,23?,24?/m1/s1. The van der Waals surface area contributed by atoms with E-state index in [0.717, 1.165) is 26.8 Å². The maximum Gasteiger partial charge on any atom is 0.323 e. The number of nitrogens with one attached hydrogen (secondary N) is 2. The van der Waals surface area contributed by atoms with Crippen LogP contribution in [0.3, 0.4) is 0 Å². The Morgan fingerprint density at radius 1 is 1.00 bits per heavy atom. The largest absolute Gasteiger partial charge is 0.484 e. The van der Waals surface area contributed by atoms with E-state index in [1.165, 1.54) is 11.3 Å². The summed E-state index contributed by atoms with van der Waals surface area (Å²) in [5.41, 5.74) is 1.64. The fourth-order valence-corrected chi connectivity index (χ4v) is 10.3. The first kappa shape index (κ1) is 26.0. The molecule has 0 radical (unpaired) electrons. The van der Waals surface area contributed by atoms with Crippen molar-refractivity contribution in [2.24, 2.45) is 29.6 Å². The Morgan fingerprint density at radius 2 is 1.71 bits per heavy atom. The van der Waals surface area contributed by atoms with Gasteiger partial charge in [0.05, 0.1) is 16.9 Å². The highest BCUT2D eigenvalue weighted by Gasteiger charge is 2.69. The number of anilines is 1. The van der Waals surface area contributed by atoms with Crippen LogP contribution in [-0.4, -0.2) is 57.1 Å². The van der Waals surface area contributed by atoms with Crippen molar-refractivity contribution in [3.63, 3.8) is 0 Å². The lowest BCUT2D eigenvalue weighted by atomic mass is 9.68. The second-order valence-corrected chi connectivity index (χ2v) is 13.1. The van der Waals surface area contributed by atoms with Crippen molar-refractivity contribution in [1.29, 1.82) is 0 Å². The van der Waals surface area contributed by atoms with Crippen LogP contribution in [0.15, 0.2) is 64.4 Å². The van der Waals surface area contributed by atoms with Gasteiger partial charge >= 0.3 is 10.8 Å². The number of aromatic nitrogens is 1. The number of hydrogen-bond donors (Lipinski definition) is 3. The molecule has 210 valence electrons. The maximum absolute atomic E-state index is 13.3. The zero-order valence-electron chi connectivity index (χ0n) is 21.5. The van der Waals surface area contributed by atoms with Crippen molar-refractivity contribution in [3.8, 4) is 5.75 Å². The molecule has 4 aliphatic rings. The summed E-state index contributed by atoms with van der Waals surface area (Å²) in [4.78, 5) is 67.2. The molecule has 2 saturated carbocycles. The summed E-state index contributed by atoms with van der Waals surface area (Å²) in [6, 6.07) is 16.6. The molecule has 6 unspecified atom stereocenters. The predicted molar refractivity (Wildman–Crippen MR) is 150 cm³/mol. The number of nitrogens with zero attached hydrogens (tertiary/aromatic N) is 1. The zero-order chi connectivity index (χ0) is 28.4. The molecule has 1 saturated heterocycles. The zero-order valence-corrected chi connectivity index (χ0v) is 23.2. The summed E-state index contributed by atoms with van der Waals surface area (Å²) in [5, 5.41) is 12.9. The lowest BCUT2D eigenvalue weighted by molar-refractivity contribution is -0.149. The van der Waals surface area contributed by atoms with E-state index in [-0.39, 0.29) is 58.1 Å². The Morgan fingerprint density at radius 3 is 2.41 bits per heavy atom. The van der Waals surface area contributed by atoms with Gasteiger partial charge in [-0.25, -0.2) is 0 Å². The van der Waals surface area contributed by atoms with E-state index < -0.39 is 24.3 Å². The van der Waals surface area contributed by atoms with Crippen LogP contribution in [-0.2, 0) is 19.2 Å². The van der Waals surface area contributed by atoms with Crippen LogP contribution < -0.4 is 14.9 Å². The fraction of sp³-hybridized carbons (Fsp3) is 0.345. The van der Waals surface area contributed by atoms with Gasteiger partial charge in [-0.1, -0.05) is 41.7 Å². The Labute approximate surface area is 242 Å². The summed E-state index contributed by atoms with van der Waals surface area (Å²) in [6.07, 6.45) is 0.726. The molecule has 41 heavy (non-hydrogen) atoms. The van der Waals surface area contributed by atoms with E-state index in [2.05, 4.69) is 10.3 Å². The molecular weight excluding hydrogens is 566 g/mol. The minimum atomic E-state index is -1.21. The Balaban J connectivity index is 1.14. The van der Waals surface area contributed by atoms with Gasteiger partial charge in [0.2, 0.25) is 11.8 Å². The van der Waals surface area contributed by atoms with Crippen molar-refractivity contribution in [2.75, 3.05) is 18.5 Å². The highest BCUT2D eigenvalue weighted by Crippen LogP contribution is 2.68. The Hall–Kier alpha value is -3.90. The SMILES string of the molecule is O=C(O)CN1C(=O)C2C3CC(C2C1=O)C1C3Sc2[nH]c(=O)sc2[C@@H]1c1ccc(OCC(=O)Nc2ccccc2)cc1. The van der Waals surface area contributed by atoms with Crippen LogP contribution >= 0.6 is 23.1 Å². The summed E-state index contributed by atoms with van der Waals surface area (Å²) in [5.74, 6) is -3.08. The number of likely N-dealkylation sites (tertiary alicyclic amines) is 1. The van der Waals surface area contributed by atoms with Crippen molar-refractivity contribution in [2.45, 2.75) is 22.6 Å². The minimum Gasteiger partial charge on any atom is -0.484 e. The van der Waals surface area contributed by atoms with Gasteiger partial charge in [0, 0.05) is 21.7 Å². The molecule has 1 aromatic heterocycles. The number of carboxylic acid groups (broad SMARTS) is 1. The number of thiazole rings is 1. The maximum atomic E-state index is 13.3. The molecule has 0 spiro atoms. The number of carboxylic acids is 1. The number of fused-ring (bicyclic) bond motifs is 9. The van der Waals surface area contributed by atoms with Crippen molar-refractivity contribution in [3.05, 3.63) is 74.7 Å². The second-order valence-electron chi connectivity index (χ2n) is 10.9. The van der Waals surface area contributed by atoms with Crippen LogP contribution in [0.4, 0.5) is 5.69 Å². The van der Waals surface area contributed by atoms with E-state index in [9.17, 15) is 29.1 Å². The predicted octanol–water partition coefficient (Wildman–Crippen LogP) is 3.01. The van der Waals surface area contributed by atoms with Crippen molar-refractivity contribution >= 4 is 52.5 Å². The number of carbonyl (C=O) groups is 4. The summed E-state index contributed by atoms with van der Waals surface area (Å²) >= 11 is 2.75. The van der Waals surface area contributed by atoms with Crippen molar-refractivity contribution in [1.82, 2.24) is 9.88 Å². The van der Waals surface area contributed by atoms with Gasteiger partial charge in [0.25, 0.3) is 5.91 Å². The molecule has 2 aliphatic carbocycles. The first-order valence-corrected chi connectivity index (χ1v) is 15.0. The first-order valence-electron chi connectivity index (χ1n) is 13.3. The number of rotatable bonds is 7. The van der Waals surface area contributed by atoms with Crippen LogP contribution in [0.5, 0.6) is 5.75 Å². The topological polar surface area (TPSA) is 146 Å². The van der Waals surface area contributed by atoms with Gasteiger partial charge in [-0.3, -0.25) is 28.9 Å². The summed E-state index contributed by atoms with van der Waals surface area (Å²) in [7, 11) is 0. The van der Waals surface area contributed by atoms with Gasteiger partial charge in [0.15, 0.2) is 6.61 Å². The lowest BCUT2D eigenvalue weighted by Gasteiger charge is -2.43. The summed E-state index contributed by atoms with van der Waals surface area (Å²) < 4.78 is 5.71. The average molecular weight is 592 g/mol. The molecule has 3 amide bonds. The summed E-state index contributed by atoms with van der Waals surface area (Å²) in [6.45, 7) is -0.764. The van der Waals surface area contributed by atoms with Crippen LogP contribution in [0.25, 0.3) is 0 Å². The van der Waals surface area contributed by atoms with Crippen LogP contribution in [0.1, 0.15) is 22.8 Å². The third-order valence-corrected chi connectivity index (χ3v) is 11.4. The minimum absolute atomic E-state index is 0.00940. The molecular formula is C29H25N3O7S2. The molecule has 3 fully saturated rings. The van der Waals surface area contributed by atoms with E-state index in [4.69, 9.17) is 4.74 Å². The molecule has 3 N–H and O–H groups in total. The number of imide groups is 1. The first-order chi connectivity index (χ1) is 19.8. The number of aromatic amines is 1. The molecule has 2 bridgehead atoms. The number of H-pyrrole nitrogens is 1. The number of amides is 3. The lowest BCUT2D eigenvalue weighted by Crippen LogP contribution is -2.42. The Kier molecular flexibility index (Phi) is 6.27. The third-order valence-electron chi connectivity index (χ3n) is 8.78. The highest BCUT2D eigenvalue weighted by atomic mass is 32.2. The monoisotopic (exact) mass is 591 g/mol. The van der Waals surface area contributed by atoms with Crippen molar-refractivity contribution < 1.29 is 29.0 Å². The normalized spacial score (nSPS) is 29.2. The van der Waals surface area contributed by atoms with Gasteiger partial charge in [0.1, 0.15) is 12.3 Å². The smallest absolute Gasteiger partial charge is 0.323 e. The molecule has 2 aliphatic heterocycles. The van der Waals surface area contributed by atoms with Gasteiger partial charge in [-0.15, -0.1) is 11.8 Å². The number of benzene rings is 2. The van der Waals surface area contributed by atoms with E-state index in [1.807, 2.05) is 30.3 Å².